The van der Waals surface area contributed by atoms with Crippen LogP contribution in [-0.4, -0.2) is 18.1 Å². The number of phenolic OH excluding ortho intramolecular Hbond substituents is 1. The van der Waals surface area contributed by atoms with Gasteiger partial charge in [0, 0.05) is 17.1 Å². The Morgan fingerprint density at radius 1 is 0.920 bits per heavy atom. The van der Waals surface area contributed by atoms with E-state index in [9.17, 15) is 13.5 Å². The molecular weight excluding hydrogens is 344 g/mol. The number of benzene rings is 3. The number of fused-ring (bicyclic) bond motifs is 1. The van der Waals surface area contributed by atoms with Gasteiger partial charge >= 0.3 is 0 Å². The number of nitrogen functional groups attached to an aromatic ring is 2. The maximum Gasteiger partial charge on any atom is 0.294 e. The van der Waals surface area contributed by atoms with Gasteiger partial charge in [0.15, 0.2) is 0 Å². The van der Waals surface area contributed by atoms with E-state index in [2.05, 4.69) is 10.2 Å². The quantitative estimate of drug-likeness (QED) is 0.320. The zero-order valence-electron chi connectivity index (χ0n) is 12.8. The summed E-state index contributed by atoms with van der Waals surface area (Å²) in [5, 5.41) is 18.9. The number of anilines is 2. The first kappa shape index (κ1) is 16.7. The Labute approximate surface area is 143 Å². The molecule has 3 rings (SSSR count). The van der Waals surface area contributed by atoms with Crippen LogP contribution < -0.4 is 11.5 Å². The Bertz CT molecular complexity index is 1110. The predicted molar refractivity (Wildman–Crippen MR) is 94.9 cm³/mol. The van der Waals surface area contributed by atoms with Crippen molar-refractivity contribution in [2.75, 3.05) is 11.5 Å². The first-order chi connectivity index (χ1) is 11.7. The maximum absolute atomic E-state index is 11.2. The van der Waals surface area contributed by atoms with Crippen LogP contribution in [0.2, 0.25) is 0 Å². The zero-order chi connectivity index (χ0) is 18.2. The average Bonchev–Trinajstić information content (AvgIpc) is 2.53. The summed E-state index contributed by atoms with van der Waals surface area (Å²) in [7, 11) is -4.41. The van der Waals surface area contributed by atoms with Gasteiger partial charge in [-0.3, -0.25) is 4.55 Å². The van der Waals surface area contributed by atoms with E-state index in [0.29, 0.717) is 33.5 Å². The Morgan fingerprint density at radius 3 is 2.36 bits per heavy atom. The van der Waals surface area contributed by atoms with Gasteiger partial charge in [-0.05, 0) is 41.8 Å². The molecule has 0 spiro atoms. The summed E-state index contributed by atoms with van der Waals surface area (Å²) < 4.78 is 31.5. The molecule has 0 saturated carbocycles. The lowest BCUT2D eigenvalue weighted by molar-refractivity contribution is 0.471. The molecule has 0 saturated heterocycles. The van der Waals surface area contributed by atoms with E-state index >= 15 is 0 Å². The topological polar surface area (TPSA) is 151 Å². The fraction of sp³-hybridized carbons (Fsp3) is 0. The molecule has 0 aromatic heterocycles. The largest absolute Gasteiger partial charge is 0.507 e. The first-order valence-corrected chi connectivity index (χ1v) is 8.49. The monoisotopic (exact) mass is 358 g/mol. The highest BCUT2D eigenvalue weighted by Gasteiger charge is 2.13. The lowest BCUT2D eigenvalue weighted by Gasteiger charge is -2.05. The lowest BCUT2D eigenvalue weighted by Crippen LogP contribution is -1.97. The van der Waals surface area contributed by atoms with Crippen molar-refractivity contribution in [1.82, 2.24) is 0 Å². The Kier molecular flexibility index (Phi) is 4.03. The van der Waals surface area contributed by atoms with E-state index in [1.807, 2.05) is 0 Å². The molecular formula is C16H14N4O4S. The van der Waals surface area contributed by atoms with Crippen molar-refractivity contribution in [3.63, 3.8) is 0 Å². The minimum absolute atomic E-state index is 0.297. The predicted octanol–water partition coefficient (Wildman–Crippen LogP) is 3.37. The number of nitrogens with two attached hydrogens (primary N) is 2. The van der Waals surface area contributed by atoms with E-state index in [0.717, 1.165) is 6.07 Å². The SMILES string of the molecule is Nc1ccc(N=Nc2ccc3cc(S(=O)(=O)O)cc(O)c3c2)c(N)c1. The van der Waals surface area contributed by atoms with Crippen molar-refractivity contribution in [2.24, 2.45) is 10.2 Å². The van der Waals surface area contributed by atoms with Gasteiger partial charge < -0.3 is 16.6 Å². The van der Waals surface area contributed by atoms with Crippen LogP contribution in [0.4, 0.5) is 22.7 Å². The number of nitrogens with zero attached hydrogens (tertiary/aromatic N) is 2. The van der Waals surface area contributed by atoms with Gasteiger partial charge in [-0.25, -0.2) is 0 Å². The van der Waals surface area contributed by atoms with Crippen LogP contribution in [0.3, 0.4) is 0 Å². The van der Waals surface area contributed by atoms with Crippen molar-refractivity contribution in [2.45, 2.75) is 4.90 Å². The van der Waals surface area contributed by atoms with E-state index in [1.165, 1.54) is 12.1 Å². The molecule has 25 heavy (non-hydrogen) atoms. The third kappa shape index (κ3) is 3.52. The van der Waals surface area contributed by atoms with Crippen LogP contribution in [0.1, 0.15) is 0 Å². The highest BCUT2D eigenvalue weighted by molar-refractivity contribution is 7.85. The van der Waals surface area contributed by atoms with Crippen molar-refractivity contribution >= 4 is 43.6 Å². The highest BCUT2D eigenvalue weighted by Crippen LogP contribution is 2.33. The van der Waals surface area contributed by atoms with Crippen molar-refractivity contribution in [3.05, 3.63) is 48.5 Å². The van der Waals surface area contributed by atoms with Crippen LogP contribution in [0.25, 0.3) is 10.8 Å². The van der Waals surface area contributed by atoms with Gasteiger partial charge in [0.1, 0.15) is 11.4 Å². The van der Waals surface area contributed by atoms with Gasteiger partial charge in [0.25, 0.3) is 10.1 Å². The van der Waals surface area contributed by atoms with Crippen LogP contribution >= 0.6 is 0 Å². The molecule has 9 heteroatoms. The van der Waals surface area contributed by atoms with Crippen LogP contribution in [0.15, 0.2) is 63.7 Å². The van der Waals surface area contributed by atoms with Gasteiger partial charge in [-0.2, -0.15) is 13.5 Å². The first-order valence-electron chi connectivity index (χ1n) is 7.05. The van der Waals surface area contributed by atoms with E-state index in [1.54, 1.807) is 30.3 Å². The molecule has 0 bridgehead atoms. The lowest BCUT2D eigenvalue weighted by atomic mass is 10.1. The van der Waals surface area contributed by atoms with Crippen LogP contribution in [0.5, 0.6) is 5.75 Å². The van der Waals surface area contributed by atoms with Gasteiger partial charge in [-0.1, -0.05) is 6.07 Å². The molecule has 0 heterocycles. The second kappa shape index (κ2) is 6.04. The van der Waals surface area contributed by atoms with Crippen LogP contribution in [0, 0.1) is 0 Å². The number of aromatic hydroxyl groups is 1. The standard InChI is InChI=1S/C16H14N4O4S/c17-10-2-4-15(14(18)6-10)20-19-11-3-1-9-5-12(25(22,23)24)8-16(21)13(9)7-11/h1-8,21H,17-18H2,(H,22,23,24). The number of rotatable bonds is 3. The number of hydrogen-bond donors (Lipinski definition) is 4. The summed E-state index contributed by atoms with van der Waals surface area (Å²) in [6.07, 6.45) is 0. The molecule has 6 N–H and O–H groups in total. The minimum atomic E-state index is -4.41. The van der Waals surface area contributed by atoms with Crippen molar-refractivity contribution in [3.8, 4) is 5.75 Å². The zero-order valence-corrected chi connectivity index (χ0v) is 13.6. The summed E-state index contributed by atoms with van der Waals surface area (Å²) in [4.78, 5) is -0.387. The fourth-order valence-electron chi connectivity index (χ4n) is 2.29. The molecule has 0 atom stereocenters. The summed E-state index contributed by atoms with van der Waals surface area (Å²) in [5.41, 5.74) is 13.2. The third-order valence-corrected chi connectivity index (χ3v) is 4.34. The van der Waals surface area contributed by atoms with Crippen LogP contribution in [-0.2, 0) is 10.1 Å². The van der Waals surface area contributed by atoms with Gasteiger partial charge in [0.05, 0.1) is 16.3 Å². The Morgan fingerprint density at radius 2 is 1.68 bits per heavy atom. The minimum Gasteiger partial charge on any atom is -0.507 e. The average molecular weight is 358 g/mol. The molecule has 0 aliphatic heterocycles. The summed E-state index contributed by atoms with van der Waals surface area (Å²) in [6.45, 7) is 0. The second-order valence-corrected chi connectivity index (χ2v) is 6.76. The molecule has 0 unspecified atom stereocenters. The van der Waals surface area contributed by atoms with Crippen molar-refractivity contribution in [1.29, 1.82) is 0 Å². The maximum atomic E-state index is 11.2. The number of phenols is 1. The summed E-state index contributed by atoms with van der Waals surface area (Å²) in [6, 6.07) is 11.8. The summed E-state index contributed by atoms with van der Waals surface area (Å²) in [5.74, 6) is -0.297. The molecule has 3 aromatic carbocycles. The number of azo groups is 1. The van der Waals surface area contributed by atoms with Gasteiger partial charge in [-0.15, -0.1) is 5.11 Å². The second-order valence-electron chi connectivity index (χ2n) is 5.34. The molecule has 0 radical (unpaired) electrons. The van der Waals surface area contributed by atoms with E-state index < -0.39 is 10.1 Å². The Balaban J connectivity index is 2.01. The fourth-order valence-corrected chi connectivity index (χ4v) is 2.82. The molecule has 3 aromatic rings. The van der Waals surface area contributed by atoms with E-state index in [4.69, 9.17) is 16.0 Å². The molecule has 128 valence electrons. The molecule has 0 aliphatic carbocycles. The molecule has 8 nitrogen and oxygen atoms in total. The summed E-state index contributed by atoms with van der Waals surface area (Å²) >= 11 is 0. The third-order valence-electron chi connectivity index (χ3n) is 3.51. The van der Waals surface area contributed by atoms with Crippen molar-refractivity contribution < 1.29 is 18.1 Å². The molecule has 0 amide bonds. The number of hydrogen-bond acceptors (Lipinski definition) is 7. The highest BCUT2D eigenvalue weighted by atomic mass is 32.2. The molecule has 0 aliphatic rings. The normalized spacial score (nSPS) is 12.0. The van der Waals surface area contributed by atoms with Gasteiger partial charge in [0.2, 0.25) is 0 Å². The molecule has 0 fully saturated rings. The Hall–Kier alpha value is -3.17. The smallest absolute Gasteiger partial charge is 0.294 e. The van der Waals surface area contributed by atoms with E-state index in [-0.39, 0.29) is 10.6 Å².